The van der Waals surface area contributed by atoms with E-state index in [-0.39, 0.29) is 16.8 Å². The first-order chi connectivity index (χ1) is 12.6. The summed E-state index contributed by atoms with van der Waals surface area (Å²) in [5, 5.41) is 0.760. The zero-order chi connectivity index (χ0) is 18.3. The van der Waals surface area contributed by atoms with E-state index in [2.05, 4.69) is 4.90 Å². The van der Waals surface area contributed by atoms with Crippen LogP contribution in [0.15, 0.2) is 47.4 Å². The number of rotatable bonds is 3. The lowest BCUT2D eigenvalue weighted by molar-refractivity contribution is -0.118. The van der Waals surface area contributed by atoms with Gasteiger partial charge < -0.3 is 14.4 Å². The molecule has 2 aromatic rings. The van der Waals surface area contributed by atoms with Gasteiger partial charge in [-0.2, -0.15) is 0 Å². The zero-order valence-electron chi connectivity index (χ0n) is 14.1. The van der Waals surface area contributed by atoms with Crippen molar-refractivity contribution < 1.29 is 13.6 Å². The van der Waals surface area contributed by atoms with E-state index in [0.29, 0.717) is 6.54 Å². The third kappa shape index (κ3) is 3.02. The summed E-state index contributed by atoms with van der Waals surface area (Å²) in [6.07, 6.45) is 2.65. The van der Waals surface area contributed by atoms with Crippen LogP contribution in [0.2, 0.25) is 5.02 Å². The number of benzene rings is 2. The molecule has 0 spiro atoms. The highest BCUT2D eigenvalue weighted by Gasteiger charge is 2.38. The molecule has 0 aromatic heterocycles. The van der Waals surface area contributed by atoms with E-state index in [0.717, 1.165) is 47.8 Å². The molecule has 0 saturated carbocycles. The number of hydrogen-bond donors (Lipinski definition) is 0. The standard InChI is InChI=1S/C19H19ClN2O3S/c20-16-4-1-5-17-15(16)3-2-11-22(17)18-10-12-21(19(18)23)13-6-8-14(9-7-13)26(24)25/h1,4-9,18H,2-3,10-12H2,(H,24,25)/p-1/t18-/m0/s1. The molecule has 0 radical (unpaired) electrons. The first kappa shape index (κ1) is 17.5. The summed E-state index contributed by atoms with van der Waals surface area (Å²) >= 11 is 4.08. The first-order valence-corrected chi connectivity index (χ1v) is 10.1. The van der Waals surface area contributed by atoms with Crippen molar-refractivity contribution in [1.29, 1.82) is 0 Å². The van der Waals surface area contributed by atoms with Crippen LogP contribution in [0.3, 0.4) is 0 Å². The van der Waals surface area contributed by atoms with Crippen molar-refractivity contribution in [3.8, 4) is 0 Å². The topological polar surface area (TPSA) is 63.7 Å². The maximum Gasteiger partial charge on any atom is 0.249 e. The third-order valence-electron chi connectivity index (χ3n) is 5.12. The van der Waals surface area contributed by atoms with Crippen molar-refractivity contribution in [1.82, 2.24) is 0 Å². The molecule has 4 rings (SSSR count). The van der Waals surface area contributed by atoms with Gasteiger partial charge in [-0.25, -0.2) is 0 Å². The predicted octanol–water partition coefficient (Wildman–Crippen LogP) is 3.14. The molecule has 2 heterocycles. The summed E-state index contributed by atoms with van der Waals surface area (Å²) in [7, 11) is 0. The van der Waals surface area contributed by atoms with Gasteiger partial charge in [0.1, 0.15) is 6.04 Å². The summed E-state index contributed by atoms with van der Waals surface area (Å²) in [6.45, 7) is 1.46. The van der Waals surface area contributed by atoms with Crippen LogP contribution in [0.4, 0.5) is 11.4 Å². The fourth-order valence-corrected chi connectivity index (χ4v) is 4.50. The average Bonchev–Trinajstić information content (AvgIpc) is 3.03. The molecule has 0 N–H and O–H groups in total. The molecule has 2 aliphatic heterocycles. The van der Waals surface area contributed by atoms with Crippen LogP contribution in [-0.4, -0.2) is 33.8 Å². The van der Waals surface area contributed by atoms with Gasteiger partial charge in [-0.3, -0.25) is 9.00 Å². The highest BCUT2D eigenvalue weighted by Crippen LogP contribution is 2.36. The van der Waals surface area contributed by atoms with Crippen LogP contribution in [-0.2, 0) is 22.3 Å². The second-order valence-corrected chi connectivity index (χ2v) is 7.91. The minimum Gasteiger partial charge on any atom is -0.768 e. The number of nitrogens with zero attached hydrogens (tertiary/aromatic N) is 2. The van der Waals surface area contributed by atoms with Gasteiger partial charge in [-0.15, -0.1) is 0 Å². The average molecular weight is 390 g/mol. The lowest BCUT2D eigenvalue weighted by atomic mass is 9.99. The van der Waals surface area contributed by atoms with E-state index in [4.69, 9.17) is 11.6 Å². The Morgan fingerprint density at radius 1 is 1.12 bits per heavy atom. The Labute approximate surface area is 159 Å². The van der Waals surface area contributed by atoms with E-state index in [1.54, 1.807) is 17.0 Å². The van der Waals surface area contributed by atoms with Crippen LogP contribution < -0.4 is 9.80 Å². The molecule has 1 unspecified atom stereocenters. The predicted molar refractivity (Wildman–Crippen MR) is 102 cm³/mol. The van der Waals surface area contributed by atoms with Crippen molar-refractivity contribution in [2.24, 2.45) is 0 Å². The van der Waals surface area contributed by atoms with E-state index >= 15 is 0 Å². The maximum atomic E-state index is 13.0. The van der Waals surface area contributed by atoms with Gasteiger partial charge in [0, 0.05) is 34.4 Å². The van der Waals surface area contributed by atoms with Crippen molar-refractivity contribution in [2.75, 3.05) is 22.9 Å². The molecule has 0 aliphatic carbocycles. The Morgan fingerprint density at radius 2 is 1.88 bits per heavy atom. The number of amides is 1. The Hall–Kier alpha value is -1.89. The van der Waals surface area contributed by atoms with Gasteiger partial charge in [-0.05, 0) is 72.3 Å². The summed E-state index contributed by atoms with van der Waals surface area (Å²) in [5.74, 6) is 0.0498. The number of hydrogen-bond acceptors (Lipinski definition) is 4. The molecule has 5 nitrogen and oxygen atoms in total. The highest BCUT2D eigenvalue weighted by molar-refractivity contribution is 7.79. The van der Waals surface area contributed by atoms with Crippen molar-refractivity contribution in [2.45, 2.75) is 30.2 Å². The number of fused-ring (bicyclic) bond motifs is 1. The van der Waals surface area contributed by atoms with Crippen LogP contribution in [0, 0.1) is 0 Å². The quantitative estimate of drug-likeness (QED) is 0.756. The third-order valence-corrected chi connectivity index (χ3v) is 6.13. The number of halogens is 1. The molecular formula is C19H18ClN2O3S-. The molecule has 1 fully saturated rings. The number of anilines is 2. The van der Waals surface area contributed by atoms with E-state index in [9.17, 15) is 13.6 Å². The lowest BCUT2D eigenvalue weighted by Crippen LogP contribution is -2.44. The largest absolute Gasteiger partial charge is 0.768 e. The minimum absolute atomic E-state index is 0.0498. The summed E-state index contributed by atoms with van der Waals surface area (Å²) in [4.78, 5) is 17.2. The Bertz CT molecular complexity index is 872. The smallest absolute Gasteiger partial charge is 0.249 e. The van der Waals surface area contributed by atoms with Gasteiger partial charge in [0.05, 0.1) is 0 Å². The van der Waals surface area contributed by atoms with E-state index in [1.165, 1.54) is 12.1 Å². The van der Waals surface area contributed by atoms with E-state index < -0.39 is 11.1 Å². The Kier molecular flexibility index (Phi) is 4.73. The van der Waals surface area contributed by atoms with Crippen molar-refractivity contribution in [3.63, 3.8) is 0 Å². The number of carbonyl (C=O) groups excluding carboxylic acids is 1. The zero-order valence-corrected chi connectivity index (χ0v) is 15.6. The SMILES string of the molecule is O=C1[C@@H](N2CCCc3c(Cl)cccc32)CCN1c1ccc(S(=O)[O-])cc1. The van der Waals surface area contributed by atoms with Crippen LogP contribution >= 0.6 is 11.6 Å². The first-order valence-electron chi connectivity index (χ1n) is 8.61. The molecule has 2 atom stereocenters. The molecule has 0 bridgehead atoms. The fourth-order valence-electron chi connectivity index (χ4n) is 3.88. The molecule has 2 aromatic carbocycles. The van der Waals surface area contributed by atoms with Crippen molar-refractivity contribution in [3.05, 3.63) is 53.1 Å². The maximum absolute atomic E-state index is 13.0. The van der Waals surface area contributed by atoms with Crippen LogP contribution in [0.1, 0.15) is 18.4 Å². The molecule has 136 valence electrons. The summed E-state index contributed by atoms with van der Waals surface area (Å²) < 4.78 is 22.0. The minimum atomic E-state index is -2.26. The second kappa shape index (κ2) is 7.02. The Balaban J connectivity index is 1.59. The summed E-state index contributed by atoms with van der Waals surface area (Å²) in [5.41, 5.74) is 2.91. The molecule has 7 heteroatoms. The fraction of sp³-hybridized carbons (Fsp3) is 0.316. The van der Waals surface area contributed by atoms with Gasteiger partial charge >= 0.3 is 0 Å². The molecule has 26 heavy (non-hydrogen) atoms. The molecular weight excluding hydrogens is 372 g/mol. The van der Waals surface area contributed by atoms with Gasteiger partial charge in [-0.1, -0.05) is 17.7 Å². The lowest BCUT2D eigenvalue weighted by Gasteiger charge is -2.35. The van der Waals surface area contributed by atoms with Gasteiger partial charge in [0.25, 0.3) is 0 Å². The molecule has 1 saturated heterocycles. The van der Waals surface area contributed by atoms with Crippen molar-refractivity contribution >= 4 is 40.0 Å². The van der Waals surface area contributed by atoms with Crippen LogP contribution in [0.5, 0.6) is 0 Å². The summed E-state index contributed by atoms with van der Waals surface area (Å²) in [6, 6.07) is 12.1. The van der Waals surface area contributed by atoms with Crippen LogP contribution in [0.25, 0.3) is 0 Å². The normalized spacial score (nSPS) is 21.0. The highest BCUT2D eigenvalue weighted by atomic mass is 35.5. The van der Waals surface area contributed by atoms with Gasteiger partial charge in [0.2, 0.25) is 5.91 Å². The van der Waals surface area contributed by atoms with Gasteiger partial charge in [0.15, 0.2) is 0 Å². The molecule has 1 amide bonds. The van der Waals surface area contributed by atoms with E-state index in [1.807, 2.05) is 18.2 Å². The molecule has 2 aliphatic rings. The monoisotopic (exact) mass is 389 g/mol. The second-order valence-electron chi connectivity index (χ2n) is 6.56. The Morgan fingerprint density at radius 3 is 2.62 bits per heavy atom. The number of carbonyl (C=O) groups is 1.